The highest BCUT2D eigenvalue weighted by molar-refractivity contribution is 5.78. The Labute approximate surface area is 118 Å². The molecule has 3 rings (SSSR count). The van der Waals surface area contributed by atoms with E-state index in [1.165, 1.54) is 5.56 Å². The SMILES string of the molecule is CCc1ccc(C(C)(O)c2cc3ccccc3o2)cc1. The minimum Gasteiger partial charge on any atom is -0.458 e. The Morgan fingerprint density at radius 3 is 2.40 bits per heavy atom. The fraction of sp³-hybridized carbons (Fsp3) is 0.222. The zero-order chi connectivity index (χ0) is 14.2. The van der Waals surface area contributed by atoms with Crippen LogP contribution in [0.25, 0.3) is 11.0 Å². The molecule has 0 aliphatic carbocycles. The predicted molar refractivity (Wildman–Crippen MR) is 80.7 cm³/mol. The highest BCUT2D eigenvalue weighted by Crippen LogP contribution is 2.33. The summed E-state index contributed by atoms with van der Waals surface area (Å²) in [6.45, 7) is 3.89. The minimum atomic E-state index is -1.12. The van der Waals surface area contributed by atoms with E-state index in [9.17, 15) is 5.11 Å². The summed E-state index contributed by atoms with van der Waals surface area (Å²) in [5.41, 5.74) is 1.78. The Morgan fingerprint density at radius 1 is 1.05 bits per heavy atom. The second kappa shape index (κ2) is 4.80. The van der Waals surface area contributed by atoms with Crippen molar-refractivity contribution in [3.05, 3.63) is 71.5 Å². The first kappa shape index (κ1) is 12.9. The molecule has 2 aromatic carbocycles. The molecule has 0 aliphatic rings. The van der Waals surface area contributed by atoms with Crippen LogP contribution in [0, 0.1) is 0 Å². The average molecular weight is 266 g/mol. The molecular formula is C18H18O2. The second-order valence-corrected chi connectivity index (χ2v) is 5.27. The molecule has 1 atom stereocenters. The predicted octanol–water partition coefficient (Wildman–Crippen LogP) is 4.25. The number of aryl methyl sites for hydroxylation is 1. The van der Waals surface area contributed by atoms with Crippen molar-refractivity contribution >= 4 is 11.0 Å². The van der Waals surface area contributed by atoms with Crippen molar-refractivity contribution in [1.29, 1.82) is 0 Å². The Bertz CT molecular complexity index is 688. The van der Waals surface area contributed by atoms with Crippen LogP contribution in [0.4, 0.5) is 0 Å². The molecule has 0 bridgehead atoms. The molecule has 102 valence electrons. The molecule has 2 heteroatoms. The Hall–Kier alpha value is -2.06. The maximum atomic E-state index is 10.8. The molecule has 0 radical (unpaired) electrons. The number of fused-ring (bicyclic) bond motifs is 1. The van der Waals surface area contributed by atoms with E-state index in [2.05, 4.69) is 6.92 Å². The third-order valence-electron chi connectivity index (χ3n) is 3.83. The zero-order valence-corrected chi connectivity index (χ0v) is 11.8. The van der Waals surface area contributed by atoms with Gasteiger partial charge in [-0.15, -0.1) is 0 Å². The average Bonchev–Trinajstić information content (AvgIpc) is 2.92. The molecule has 0 spiro atoms. The number of rotatable bonds is 3. The van der Waals surface area contributed by atoms with Crippen LogP contribution in [0.3, 0.4) is 0 Å². The molecule has 0 fully saturated rings. The van der Waals surface area contributed by atoms with E-state index in [0.29, 0.717) is 5.76 Å². The van der Waals surface area contributed by atoms with Crippen molar-refractivity contribution in [2.45, 2.75) is 25.9 Å². The van der Waals surface area contributed by atoms with Gasteiger partial charge in [0.05, 0.1) is 0 Å². The van der Waals surface area contributed by atoms with Crippen LogP contribution < -0.4 is 0 Å². The van der Waals surface area contributed by atoms with Gasteiger partial charge in [0, 0.05) is 5.39 Å². The normalized spacial score (nSPS) is 14.3. The molecule has 0 saturated carbocycles. The smallest absolute Gasteiger partial charge is 0.144 e. The molecule has 0 saturated heterocycles. The van der Waals surface area contributed by atoms with Crippen molar-refractivity contribution in [1.82, 2.24) is 0 Å². The quantitative estimate of drug-likeness (QED) is 0.768. The van der Waals surface area contributed by atoms with Gasteiger partial charge in [0.15, 0.2) is 0 Å². The van der Waals surface area contributed by atoms with Crippen molar-refractivity contribution < 1.29 is 9.52 Å². The van der Waals surface area contributed by atoms with Crippen LogP contribution in [-0.4, -0.2) is 5.11 Å². The van der Waals surface area contributed by atoms with Gasteiger partial charge in [-0.05, 0) is 36.6 Å². The summed E-state index contributed by atoms with van der Waals surface area (Å²) in [6, 6.07) is 17.7. The van der Waals surface area contributed by atoms with Crippen LogP contribution in [0.5, 0.6) is 0 Å². The minimum absolute atomic E-state index is 0.572. The fourth-order valence-electron chi connectivity index (χ4n) is 2.43. The number of hydrogen-bond donors (Lipinski definition) is 1. The van der Waals surface area contributed by atoms with Crippen LogP contribution in [0.15, 0.2) is 59.0 Å². The summed E-state index contributed by atoms with van der Waals surface area (Å²) >= 11 is 0. The van der Waals surface area contributed by atoms with Gasteiger partial charge in [0.25, 0.3) is 0 Å². The van der Waals surface area contributed by atoms with Crippen molar-refractivity contribution in [2.75, 3.05) is 0 Å². The van der Waals surface area contributed by atoms with E-state index in [-0.39, 0.29) is 0 Å². The third-order valence-corrected chi connectivity index (χ3v) is 3.83. The maximum Gasteiger partial charge on any atom is 0.144 e. The van der Waals surface area contributed by atoms with E-state index in [0.717, 1.165) is 23.0 Å². The van der Waals surface area contributed by atoms with E-state index in [1.54, 1.807) is 6.92 Å². The molecule has 1 unspecified atom stereocenters. The first-order valence-electron chi connectivity index (χ1n) is 6.92. The molecule has 2 nitrogen and oxygen atoms in total. The van der Waals surface area contributed by atoms with Crippen molar-refractivity contribution in [3.8, 4) is 0 Å². The van der Waals surface area contributed by atoms with Gasteiger partial charge < -0.3 is 9.52 Å². The van der Waals surface area contributed by atoms with Gasteiger partial charge >= 0.3 is 0 Å². The molecule has 1 N–H and O–H groups in total. The lowest BCUT2D eigenvalue weighted by Crippen LogP contribution is -2.21. The summed E-state index contributed by atoms with van der Waals surface area (Å²) in [5, 5.41) is 11.8. The fourth-order valence-corrected chi connectivity index (χ4v) is 2.43. The molecule has 0 aliphatic heterocycles. The second-order valence-electron chi connectivity index (χ2n) is 5.27. The van der Waals surface area contributed by atoms with Crippen molar-refractivity contribution in [3.63, 3.8) is 0 Å². The first-order valence-corrected chi connectivity index (χ1v) is 6.92. The van der Waals surface area contributed by atoms with Crippen LogP contribution >= 0.6 is 0 Å². The van der Waals surface area contributed by atoms with Gasteiger partial charge in [0.1, 0.15) is 16.9 Å². The molecule has 1 heterocycles. The largest absolute Gasteiger partial charge is 0.458 e. The molecule has 1 aromatic heterocycles. The lowest BCUT2D eigenvalue weighted by Gasteiger charge is -2.21. The summed E-state index contributed by atoms with van der Waals surface area (Å²) in [6.07, 6.45) is 0.993. The van der Waals surface area contributed by atoms with E-state index >= 15 is 0 Å². The lowest BCUT2D eigenvalue weighted by atomic mass is 9.92. The molecule has 20 heavy (non-hydrogen) atoms. The number of para-hydroxylation sites is 1. The monoisotopic (exact) mass is 266 g/mol. The number of benzene rings is 2. The maximum absolute atomic E-state index is 10.8. The summed E-state index contributed by atoms with van der Waals surface area (Å²) in [5.74, 6) is 0.572. The number of furan rings is 1. The Morgan fingerprint density at radius 2 is 1.75 bits per heavy atom. The van der Waals surface area contributed by atoms with Crippen LogP contribution in [-0.2, 0) is 12.0 Å². The summed E-state index contributed by atoms with van der Waals surface area (Å²) in [7, 11) is 0. The van der Waals surface area contributed by atoms with E-state index in [4.69, 9.17) is 4.42 Å². The highest BCUT2D eigenvalue weighted by Gasteiger charge is 2.29. The van der Waals surface area contributed by atoms with E-state index < -0.39 is 5.60 Å². The Balaban J connectivity index is 2.04. The van der Waals surface area contributed by atoms with Gasteiger partial charge in [-0.1, -0.05) is 49.4 Å². The van der Waals surface area contributed by atoms with Crippen LogP contribution in [0.2, 0.25) is 0 Å². The van der Waals surface area contributed by atoms with Gasteiger partial charge in [-0.3, -0.25) is 0 Å². The van der Waals surface area contributed by atoms with Gasteiger partial charge in [-0.25, -0.2) is 0 Å². The molecule has 0 amide bonds. The van der Waals surface area contributed by atoms with Gasteiger partial charge in [0.2, 0.25) is 0 Å². The third kappa shape index (κ3) is 2.12. The lowest BCUT2D eigenvalue weighted by molar-refractivity contribution is 0.0786. The molecule has 3 aromatic rings. The summed E-state index contributed by atoms with van der Waals surface area (Å²) < 4.78 is 5.79. The topological polar surface area (TPSA) is 33.4 Å². The summed E-state index contributed by atoms with van der Waals surface area (Å²) in [4.78, 5) is 0. The highest BCUT2D eigenvalue weighted by atomic mass is 16.4. The first-order chi connectivity index (χ1) is 9.61. The van der Waals surface area contributed by atoms with Crippen molar-refractivity contribution in [2.24, 2.45) is 0 Å². The Kier molecular flexibility index (Phi) is 3.11. The van der Waals surface area contributed by atoms with E-state index in [1.807, 2.05) is 54.6 Å². The van der Waals surface area contributed by atoms with Crippen LogP contribution in [0.1, 0.15) is 30.7 Å². The molecular weight excluding hydrogens is 248 g/mol. The number of hydrogen-bond acceptors (Lipinski definition) is 2. The standard InChI is InChI=1S/C18H18O2/c1-3-13-8-10-15(11-9-13)18(2,19)17-12-14-6-4-5-7-16(14)20-17/h4-12,19H,3H2,1-2H3. The zero-order valence-electron chi connectivity index (χ0n) is 11.8. The van der Waals surface area contributed by atoms with Gasteiger partial charge in [-0.2, -0.15) is 0 Å². The number of aliphatic hydroxyl groups is 1.